The monoisotopic (exact) mass is 240 g/mol. The van der Waals surface area contributed by atoms with Gasteiger partial charge in [0, 0.05) is 0 Å². The molecule has 0 saturated carbocycles. The molecule has 1 atom stereocenters. The van der Waals surface area contributed by atoms with Crippen molar-refractivity contribution in [2.24, 2.45) is 11.5 Å². The Morgan fingerprint density at radius 3 is 2.71 bits per heavy atom. The molecule has 0 fully saturated rings. The van der Waals surface area contributed by atoms with Gasteiger partial charge in [0.15, 0.2) is 17.7 Å². The lowest BCUT2D eigenvalue weighted by molar-refractivity contribution is -0.124. The molecule has 0 spiro atoms. The van der Waals surface area contributed by atoms with E-state index in [-0.39, 0.29) is 5.75 Å². The Hall–Kier alpha value is -1.62. The standard InChI is InChI=1S/C12H17FN2O2/c1-2-10(12(15)16)17-11-4-3-8(5-6-14)7-9(11)13/h3-4,7,10H,2,5-6,14H2,1H3,(H2,15,16). The van der Waals surface area contributed by atoms with Gasteiger partial charge in [-0.25, -0.2) is 4.39 Å². The molecule has 1 aromatic rings. The number of amides is 1. The Kier molecular flexibility index (Phi) is 4.90. The number of halogens is 1. The minimum atomic E-state index is -0.801. The number of carbonyl (C=O) groups excluding carboxylic acids is 1. The molecule has 0 aliphatic heterocycles. The molecule has 0 aromatic heterocycles. The van der Waals surface area contributed by atoms with Crippen LogP contribution >= 0.6 is 0 Å². The Labute approximate surface area is 99.7 Å². The van der Waals surface area contributed by atoms with Gasteiger partial charge in [0.05, 0.1) is 0 Å². The van der Waals surface area contributed by atoms with E-state index in [0.29, 0.717) is 19.4 Å². The number of ether oxygens (including phenoxy) is 1. The van der Waals surface area contributed by atoms with Gasteiger partial charge < -0.3 is 16.2 Å². The summed E-state index contributed by atoms with van der Waals surface area (Å²) in [6.07, 6.45) is 0.202. The third-order valence-electron chi connectivity index (χ3n) is 2.39. The lowest BCUT2D eigenvalue weighted by atomic mass is 10.1. The Balaban J connectivity index is 2.81. The molecule has 4 N–H and O–H groups in total. The van der Waals surface area contributed by atoms with E-state index in [1.165, 1.54) is 12.1 Å². The van der Waals surface area contributed by atoms with Crippen molar-refractivity contribution in [1.82, 2.24) is 0 Å². The van der Waals surface area contributed by atoms with Gasteiger partial charge in [-0.2, -0.15) is 0 Å². The fourth-order valence-electron chi connectivity index (χ4n) is 1.46. The van der Waals surface area contributed by atoms with Crippen molar-refractivity contribution in [1.29, 1.82) is 0 Å². The van der Waals surface area contributed by atoms with E-state index in [2.05, 4.69) is 0 Å². The highest BCUT2D eigenvalue weighted by Crippen LogP contribution is 2.20. The first-order chi connectivity index (χ1) is 8.08. The number of rotatable bonds is 6. The molecular weight excluding hydrogens is 223 g/mol. The second-order valence-electron chi connectivity index (χ2n) is 3.72. The second-order valence-corrected chi connectivity index (χ2v) is 3.72. The van der Waals surface area contributed by atoms with Crippen molar-refractivity contribution in [2.75, 3.05) is 6.54 Å². The molecule has 94 valence electrons. The number of carbonyl (C=O) groups is 1. The zero-order valence-electron chi connectivity index (χ0n) is 9.78. The SMILES string of the molecule is CCC(Oc1ccc(CCN)cc1F)C(N)=O. The van der Waals surface area contributed by atoms with Gasteiger partial charge in [-0.05, 0) is 37.1 Å². The highest BCUT2D eigenvalue weighted by molar-refractivity contribution is 5.79. The van der Waals surface area contributed by atoms with Crippen LogP contribution in [0.25, 0.3) is 0 Å². The predicted molar refractivity (Wildman–Crippen MR) is 63.1 cm³/mol. The zero-order chi connectivity index (χ0) is 12.8. The molecule has 0 heterocycles. The molecule has 0 saturated heterocycles. The Morgan fingerprint density at radius 1 is 1.53 bits per heavy atom. The summed E-state index contributed by atoms with van der Waals surface area (Å²) in [5, 5.41) is 0. The first kappa shape index (κ1) is 13.4. The van der Waals surface area contributed by atoms with Gasteiger partial charge in [-0.1, -0.05) is 13.0 Å². The second kappa shape index (κ2) is 6.20. The van der Waals surface area contributed by atoms with Crippen LogP contribution in [0.4, 0.5) is 4.39 Å². The molecule has 1 rings (SSSR count). The summed E-state index contributed by atoms with van der Waals surface area (Å²) >= 11 is 0. The van der Waals surface area contributed by atoms with Crippen LogP contribution in [-0.2, 0) is 11.2 Å². The molecule has 5 heteroatoms. The number of hydrogen-bond donors (Lipinski definition) is 2. The van der Waals surface area contributed by atoms with Crippen LogP contribution in [-0.4, -0.2) is 18.6 Å². The number of benzene rings is 1. The quantitative estimate of drug-likeness (QED) is 0.777. The van der Waals surface area contributed by atoms with Crippen LogP contribution in [0.3, 0.4) is 0 Å². The highest BCUT2D eigenvalue weighted by Gasteiger charge is 2.16. The summed E-state index contributed by atoms with van der Waals surface area (Å²) in [4.78, 5) is 11.0. The van der Waals surface area contributed by atoms with Crippen molar-refractivity contribution in [2.45, 2.75) is 25.9 Å². The molecular formula is C12H17FN2O2. The maximum absolute atomic E-state index is 13.6. The maximum atomic E-state index is 13.6. The van der Waals surface area contributed by atoms with Crippen LogP contribution in [0.5, 0.6) is 5.75 Å². The fraction of sp³-hybridized carbons (Fsp3) is 0.417. The van der Waals surface area contributed by atoms with Crippen molar-refractivity contribution in [3.05, 3.63) is 29.6 Å². The molecule has 1 unspecified atom stereocenters. The van der Waals surface area contributed by atoms with E-state index >= 15 is 0 Å². The minimum Gasteiger partial charge on any atom is -0.478 e. The summed E-state index contributed by atoms with van der Waals surface area (Å²) in [7, 11) is 0. The van der Waals surface area contributed by atoms with E-state index < -0.39 is 17.8 Å². The smallest absolute Gasteiger partial charge is 0.258 e. The van der Waals surface area contributed by atoms with Crippen molar-refractivity contribution in [3.63, 3.8) is 0 Å². The summed E-state index contributed by atoms with van der Waals surface area (Å²) in [5.74, 6) is -1.06. The Morgan fingerprint density at radius 2 is 2.24 bits per heavy atom. The van der Waals surface area contributed by atoms with Crippen LogP contribution in [0, 0.1) is 5.82 Å². The third kappa shape index (κ3) is 3.71. The van der Waals surface area contributed by atoms with Crippen LogP contribution in [0.15, 0.2) is 18.2 Å². The largest absolute Gasteiger partial charge is 0.478 e. The van der Waals surface area contributed by atoms with Crippen LogP contribution in [0.1, 0.15) is 18.9 Å². The van der Waals surface area contributed by atoms with E-state index in [4.69, 9.17) is 16.2 Å². The first-order valence-corrected chi connectivity index (χ1v) is 5.53. The number of nitrogens with two attached hydrogens (primary N) is 2. The van der Waals surface area contributed by atoms with E-state index in [9.17, 15) is 9.18 Å². The van der Waals surface area contributed by atoms with Gasteiger partial charge >= 0.3 is 0 Å². The molecule has 0 aliphatic rings. The summed E-state index contributed by atoms with van der Waals surface area (Å²) in [6, 6.07) is 4.57. The van der Waals surface area contributed by atoms with E-state index in [0.717, 1.165) is 5.56 Å². The van der Waals surface area contributed by atoms with Crippen molar-refractivity contribution >= 4 is 5.91 Å². The molecule has 4 nitrogen and oxygen atoms in total. The molecule has 0 radical (unpaired) electrons. The van der Waals surface area contributed by atoms with Crippen molar-refractivity contribution in [3.8, 4) is 5.75 Å². The zero-order valence-corrected chi connectivity index (χ0v) is 9.78. The van der Waals surface area contributed by atoms with Gasteiger partial charge in [-0.3, -0.25) is 4.79 Å². The summed E-state index contributed by atoms with van der Waals surface area (Å²) in [5.41, 5.74) is 11.3. The predicted octanol–water partition coefficient (Wildman–Crippen LogP) is 0.970. The molecule has 0 aliphatic carbocycles. The lowest BCUT2D eigenvalue weighted by Crippen LogP contribution is -2.33. The van der Waals surface area contributed by atoms with E-state index in [1.807, 2.05) is 0 Å². The molecule has 17 heavy (non-hydrogen) atoms. The number of primary amides is 1. The summed E-state index contributed by atoms with van der Waals surface area (Å²) < 4.78 is 18.8. The average Bonchev–Trinajstić information content (AvgIpc) is 2.28. The lowest BCUT2D eigenvalue weighted by Gasteiger charge is -2.15. The number of hydrogen-bond acceptors (Lipinski definition) is 3. The van der Waals surface area contributed by atoms with Gasteiger partial charge in [0.1, 0.15) is 0 Å². The summed E-state index contributed by atoms with van der Waals surface area (Å²) in [6.45, 7) is 2.20. The minimum absolute atomic E-state index is 0.0384. The van der Waals surface area contributed by atoms with Crippen molar-refractivity contribution < 1.29 is 13.9 Å². The Bertz CT molecular complexity index is 396. The topological polar surface area (TPSA) is 78.3 Å². The van der Waals surface area contributed by atoms with Gasteiger partial charge in [0.2, 0.25) is 0 Å². The molecule has 1 amide bonds. The van der Waals surface area contributed by atoms with Gasteiger partial charge in [0.25, 0.3) is 5.91 Å². The van der Waals surface area contributed by atoms with E-state index in [1.54, 1.807) is 13.0 Å². The van der Waals surface area contributed by atoms with Crippen LogP contribution in [0.2, 0.25) is 0 Å². The first-order valence-electron chi connectivity index (χ1n) is 5.53. The van der Waals surface area contributed by atoms with Crippen LogP contribution < -0.4 is 16.2 Å². The average molecular weight is 240 g/mol. The fourth-order valence-corrected chi connectivity index (χ4v) is 1.46. The normalized spacial score (nSPS) is 12.2. The molecule has 0 bridgehead atoms. The maximum Gasteiger partial charge on any atom is 0.258 e. The third-order valence-corrected chi connectivity index (χ3v) is 2.39. The molecule has 1 aromatic carbocycles. The van der Waals surface area contributed by atoms with Gasteiger partial charge in [-0.15, -0.1) is 0 Å². The highest BCUT2D eigenvalue weighted by atomic mass is 19.1.